The second-order valence-electron chi connectivity index (χ2n) is 6.34. The van der Waals surface area contributed by atoms with Gasteiger partial charge in [0.05, 0.1) is 17.8 Å². The zero-order chi connectivity index (χ0) is 19.4. The summed E-state index contributed by atoms with van der Waals surface area (Å²) < 4.78 is 38.9. The van der Waals surface area contributed by atoms with Crippen molar-refractivity contribution in [3.8, 4) is 0 Å². The van der Waals surface area contributed by atoms with Crippen LogP contribution >= 0.6 is 0 Å². The summed E-state index contributed by atoms with van der Waals surface area (Å²) in [5.74, 6) is 0. The zero-order valence-corrected chi connectivity index (χ0v) is 14.5. The van der Waals surface area contributed by atoms with E-state index in [0.717, 1.165) is 49.1 Å². The number of aryl methyl sites for hydroxylation is 2. The number of fused-ring (bicyclic) bond motifs is 1. The molecule has 27 heavy (non-hydrogen) atoms. The van der Waals surface area contributed by atoms with Gasteiger partial charge in [0.15, 0.2) is 0 Å². The number of benzene rings is 1. The molecular formula is C18H19F3N4O2. The molecule has 2 amide bonds. The molecule has 1 aromatic carbocycles. The average molecular weight is 380 g/mol. The van der Waals surface area contributed by atoms with Gasteiger partial charge < -0.3 is 10.6 Å². The van der Waals surface area contributed by atoms with Gasteiger partial charge in [0, 0.05) is 18.3 Å². The molecule has 1 aromatic heterocycles. The van der Waals surface area contributed by atoms with E-state index in [-0.39, 0.29) is 24.3 Å². The maximum absolute atomic E-state index is 12.5. The van der Waals surface area contributed by atoms with Crippen molar-refractivity contribution in [2.45, 2.75) is 38.4 Å². The van der Waals surface area contributed by atoms with E-state index < -0.39 is 17.8 Å². The molecule has 2 aromatic rings. The number of alkyl halides is 3. The first-order chi connectivity index (χ1) is 12.8. The molecule has 0 saturated heterocycles. The molecule has 1 aliphatic rings. The van der Waals surface area contributed by atoms with Gasteiger partial charge in [-0.05, 0) is 55.5 Å². The maximum atomic E-state index is 12.5. The minimum Gasteiger partial charge on any atom is -0.336 e. The van der Waals surface area contributed by atoms with Gasteiger partial charge in [-0.25, -0.2) is 9.48 Å². The van der Waals surface area contributed by atoms with Gasteiger partial charge in [-0.15, -0.1) is 0 Å². The first kappa shape index (κ1) is 18.9. The third kappa shape index (κ3) is 4.87. The highest BCUT2D eigenvalue weighted by atomic mass is 19.4. The minimum absolute atomic E-state index is 0.165. The first-order valence-corrected chi connectivity index (χ1v) is 8.65. The van der Waals surface area contributed by atoms with Crippen molar-refractivity contribution in [2.75, 3.05) is 11.9 Å². The summed E-state index contributed by atoms with van der Waals surface area (Å²) in [6.45, 7) is 0.380. The second kappa shape index (κ2) is 7.81. The highest BCUT2D eigenvalue weighted by Crippen LogP contribution is 2.29. The Labute approximate surface area is 153 Å². The Balaban J connectivity index is 1.52. The number of carbonyl (C=O) groups excluding carboxylic acids is 1. The van der Waals surface area contributed by atoms with Crippen molar-refractivity contribution < 1.29 is 18.0 Å². The van der Waals surface area contributed by atoms with Gasteiger partial charge in [-0.1, -0.05) is 0 Å². The van der Waals surface area contributed by atoms with Gasteiger partial charge in [0.2, 0.25) is 0 Å². The van der Waals surface area contributed by atoms with Crippen LogP contribution in [-0.4, -0.2) is 22.4 Å². The summed E-state index contributed by atoms with van der Waals surface area (Å²) in [6, 6.07) is 5.18. The van der Waals surface area contributed by atoms with Crippen molar-refractivity contribution in [1.82, 2.24) is 15.1 Å². The van der Waals surface area contributed by atoms with E-state index >= 15 is 0 Å². The minimum atomic E-state index is -4.42. The fourth-order valence-electron chi connectivity index (χ4n) is 2.95. The van der Waals surface area contributed by atoms with Crippen molar-refractivity contribution in [2.24, 2.45) is 0 Å². The lowest BCUT2D eigenvalue weighted by molar-refractivity contribution is -0.137. The van der Waals surface area contributed by atoms with Gasteiger partial charge in [0.25, 0.3) is 5.56 Å². The largest absolute Gasteiger partial charge is 0.416 e. The Morgan fingerprint density at radius 2 is 1.85 bits per heavy atom. The Morgan fingerprint density at radius 3 is 2.56 bits per heavy atom. The third-order valence-electron chi connectivity index (χ3n) is 4.35. The second-order valence-corrected chi connectivity index (χ2v) is 6.34. The molecule has 6 nitrogen and oxygen atoms in total. The number of anilines is 1. The predicted octanol–water partition coefficient (Wildman–Crippen LogP) is 2.96. The first-order valence-electron chi connectivity index (χ1n) is 8.65. The van der Waals surface area contributed by atoms with Crippen LogP contribution < -0.4 is 16.2 Å². The average Bonchev–Trinajstić information content (AvgIpc) is 2.62. The maximum Gasteiger partial charge on any atom is 0.416 e. The SMILES string of the molecule is O=C(NCCn1nc2c(cc1=O)CCCC2)Nc1ccc(C(F)(F)F)cc1. The van der Waals surface area contributed by atoms with Crippen LogP contribution in [0.5, 0.6) is 0 Å². The number of nitrogens with zero attached hydrogens (tertiary/aromatic N) is 2. The van der Waals surface area contributed by atoms with Crippen LogP contribution in [-0.2, 0) is 25.6 Å². The molecule has 1 heterocycles. The van der Waals surface area contributed by atoms with Crippen LogP contribution in [0.3, 0.4) is 0 Å². The number of nitrogens with one attached hydrogen (secondary N) is 2. The van der Waals surface area contributed by atoms with E-state index in [2.05, 4.69) is 15.7 Å². The van der Waals surface area contributed by atoms with E-state index in [1.807, 2.05) is 0 Å². The van der Waals surface area contributed by atoms with Gasteiger partial charge in [-0.2, -0.15) is 18.3 Å². The smallest absolute Gasteiger partial charge is 0.336 e. The molecule has 0 atom stereocenters. The quantitative estimate of drug-likeness (QED) is 0.856. The van der Waals surface area contributed by atoms with Crippen molar-refractivity contribution in [3.05, 3.63) is 57.5 Å². The number of carbonyl (C=O) groups is 1. The Hall–Kier alpha value is -2.84. The molecule has 0 spiro atoms. The summed E-state index contributed by atoms with van der Waals surface area (Å²) >= 11 is 0. The normalized spacial score (nSPS) is 13.7. The number of halogens is 3. The molecule has 0 unspecified atom stereocenters. The van der Waals surface area contributed by atoms with Crippen LogP contribution in [0.2, 0.25) is 0 Å². The number of hydrogen-bond donors (Lipinski definition) is 2. The topological polar surface area (TPSA) is 76.0 Å². The van der Waals surface area contributed by atoms with Crippen LogP contribution in [0.15, 0.2) is 35.1 Å². The van der Waals surface area contributed by atoms with Crippen molar-refractivity contribution >= 4 is 11.7 Å². The lowest BCUT2D eigenvalue weighted by atomic mass is 9.97. The van der Waals surface area contributed by atoms with Crippen molar-refractivity contribution in [3.63, 3.8) is 0 Å². The van der Waals surface area contributed by atoms with Crippen LogP contribution in [0.4, 0.5) is 23.7 Å². The summed E-state index contributed by atoms with van der Waals surface area (Å²) in [7, 11) is 0. The molecule has 0 fully saturated rings. The van der Waals surface area contributed by atoms with Gasteiger partial charge >= 0.3 is 12.2 Å². The fraction of sp³-hybridized carbons (Fsp3) is 0.389. The van der Waals surface area contributed by atoms with Crippen molar-refractivity contribution in [1.29, 1.82) is 0 Å². The Morgan fingerprint density at radius 1 is 1.15 bits per heavy atom. The van der Waals surface area contributed by atoms with Gasteiger partial charge in [0.1, 0.15) is 0 Å². The third-order valence-corrected chi connectivity index (χ3v) is 4.35. The number of rotatable bonds is 4. The van der Waals surface area contributed by atoms with Crippen LogP contribution in [0, 0.1) is 0 Å². The fourth-order valence-corrected chi connectivity index (χ4v) is 2.95. The predicted molar refractivity (Wildman–Crippen MR) is 93.6 cm³/mol. The molecule has 0 bridgehead atoms. The van der Waals surface area contributed by atoms with E-state index in [0.29, 0.717) is 0 Å². The Kier molecular flexibility index (Phi) is 5.48. The summed E-state index contributed by atoms with van der Waals surface area (Å²) in [4.78, 5) is 23.9. The number of urea groups is 1. The molecule has 144 valence electrons. The summed E-state index contributed by atoms with van der Waals surface area (Å²) in [6.07, 6.45) is -0.602. The summed E-state index contributed by atoms with van der Waals surface area (Å²) in [5.41, 5.74) is 1.17. The highest BCUT2D eigenvalue weighted by Gasteiger charge is 2.29. The van der Waals surface area contributed by atoms with Crippen LogP contribution in [0.1, 0.15) is 29.7 Å². The van der Waals surface area contributed by atoms with Crippen LogP contribution in [0.25, 0.3) is 0 Å². The molecule has 3 rings (SSSR count). The molecule has 0 radical (unpaired) electrons. The molecular weight excluding hydrogens is 361 g/mol. The van der Waals surface area contributed by atoms with E-state index in [9.17, 15) is 22.8 Å². The standard InChI is InChI=1S/C18H19F3N4O2/c19-18(20,21)13-5-7-14(8-6-13)23-17(27)22-9-10-25-16(26)11-12-3-1-2-4-15(12)24-25/h5-8,11H,1-4,9-10H2,(H2,22,23,27). The molecule has 9 heteroatoms. The number of hydrogen-bond acceptors (Lipinski definition) is 3. The number of aromatic nitrogens is 2. The lowest BCUT2D eigenvalue weighted by Crippen LogP contribution is -2.35. The van der Waals surface area contributed by atoms with E-state index in [1.54, 1.807) is 6.07 Å². The monoisotopic (exact) mass is 380 g/mol. The van der Waals surface area contributed by atoms with E-state index in [4.69, 9.17) is 0 Å². The molecule has 0 saturated carbocycles. The molecule has 1 aliphatic carbocycles. The summed E-state index contributed by atoms with van der Waals surface area (Å²) in [5, 5.41) is 9.36. The molecule has 0 aliphatic heterocycles. The highest BCUT2D eigenvalue weighted by molar-refractivity contribution is 5.89. The molecule has 2 N–H and O–H groups in total. The lowest BCUT2D eigenvalue weighted by Gasteiger charge is -2.16. The Bertz CT molecular complexity index is 876. The zero-order valence-electron chi connectivity index (χ0n) is 14.5. The van der Waals surface area contributed by atoms with E-state index in [1.165, 1.54) is 16.8 Å². The van der Waals surface area contributed by atoms with Gasteiger partial charge in [-0.3, -0.25) is 4.79 Å². The number of amides is 2.